The lowest BCUT2D eigenvalue weighted by Gasteiger charge is -2.39. The molecule has 2 aromatic rings. The van der Waals surface area contributed by atoms with Crippen LogP contribution in [0.3, 0.4) is 0 Å². The first kappa shape index (κ1) is 14.8. The monoisotopic (exact) mass is 299 g/mol. The molecule has 1 aliphatic rings. The first-order valence-electron chi connectivity index (χ1n) is 7.64. The first-order valence-corrected chi connectivity index (χ1v) is 7.64. The molecule has 0 unspecified atom stereocenters. The van der Waals surface area contributed by atoms with Gasteiger partial charge < -0.3 is 9.42 Å². The molecule has 116 valence electrons. The number of aryl methyl sites for hydroxylation is 1. The normalized spacial score (nSPS) is 19.4. The van der Waals surface area contributed by atoms with Crippen molar-refractivity contribution in [2.24, 2.45) is 0 Å². The summed E-state index contributed by atoms with van der Waals surface area (Å²) in [6.45, 7) is 7.28. The smallest absolute Gasteiger partial charge is 0.292 e. The number of piperazine rings is 1. The van der Waals surface area contributed by atoms with Crippen molar-refractivity contribution in [2.75, 3.05) is 19.6 Å². The number of carbonyl (C=O) groups excluding carboxylic acids is 1. The maximum Gasteiger partial charge on any atom is 0.292 e. The summed E-state index contributed by atoms with van der Waals surface area (Å²) in [5.74, 6) is 0.272. The van der Waals surface area contributed by atoms with Crippen molar-refractivity contribution in [2.45, 2.75) is 26.4 Å². The second-order valence-electron chi connectivity index (χ2n) is 5.90. The molecule has 1 aliphatic heterocycles. The molecule has 0 spiro atoms. The lowest BCUT2D eigenvalue weighted by atomic mass is 10.1. The molecule has 1 atom stereocenters. The molecular weight excluding hydrogens is 278 g/mol. The van der Waals surface area contributed by atoms with Crippen molar-refractivity contribution in [3.63, 3.8) is 0 Å². The van der Waals surface area contributed by atoms with Gasteiger partial charge in [0.1, 0.15) is 0 Å². The van der Waals surface area contributed by atoms with Crippen LogP contribution in [0.4, 0.5) is 0 Å². The van der Waals surface area contributed by atoms with Crippen molar-refractivity contribution >= 4 is 5.91 Å². The van der Waals surface area contributed by atoms with Crippen molar-refractivity contribution in [1.82, 2.24) is 15.0 Å². The average molecular weight is 299 g/mol. The number of aromatic nitrogens is 1. The van der Waals surface area contributed by atoms with Gasteiger partial charge in [-0.25, -0.2) is 0 Å². The molecule has 22 heavy (non-hydrogen) atoms. The Bertz CT molecular complexity index is 638. The van der Waals surface area contributed by atoms with Gasteiger partial charge in [-0.05, 0) is 19.4 Å². The molecule has 1 saturated heterocycles. The highest BCUT2D eigenvalue weighted by Gasteiger charge is 2.29. The molecular formula is C17H21N3O2. The predicted molar refractivity (Wildman–Crippen MR) is 83.5 cm³/mol. The molecule has 5 nitrogen and oxygen atoms in total. The third-order valence-electron chi connectivity index (χ3n) is 4.06. The summed E-state index contributed by atoms with van der Waals surface area (Å²) in [5, 5.41) is 3.80. The molecule has 1 aromatic carbocycles. The third-order valence-corrected chi connectivity index (χ3v) is 4.06. The molecule has 3 rings (SSSR count). The molecule has 1 fully saturated rings. The van der Waals surface area contributed by atoms with E-state index in [9.17, 15) is 4.79 Å². The van der Waals surface area contributed by atoms with E-state index in [1.54, 1.807) is 6.07 Å². The van der Waals surface area contributed by atoms with Gasteiger partial charge in [0.2, 0.25) is 5.76 Å². The highest BCUT2D eigenvalue weighted by Crippen LogP contribution is 2.16. The minimum atomic E-state index is -0.0625. The van der Waals surface area contributed by atoms with Crippen LogP contribution in [0.25, 0.3) is 0 Å². The van der Waals surface area contributed by atoms with Crippen molar-refractivity contribution in [1.29, 1.82) is 0 Å². The number of amides is 1. The van der Waals surface area contributed by atoms with Gasteiger partial charge in [0.05, 0.1) is 5.69 Å². The van der Waals surface area contributed by atoms with Crippen LogP contribution in [-0.2, 0) is 6.54 Å². The maximum atomic E-state index is 12.5. The van der Waals surface area contributed by atoms with Gasteiger partial charge in [-0.1, -0.05) is 35.5 Å². The van der Waals surface area contributed by atoms with Crippen LogP contribution in [0.1, 0.15) is 28.7 Å². The quantitative estimate of drug-likeness (QED) is 0.873. The molecule has 2 heterocycles. The third kappa shape index (κ3) is 3.20. The van der Waals surface area contributed by atoms with Crippen LogP contribution in [0, 0.1) is 6.92 Å². The van der Waals surface area contributed by atoms with Gasteiger partial charge in [0.15, 0.2) is 0 Å². The minimum Gasteiger partial charge on any atom is -0.351 e. The van der Waals surface area contributed by atoms with Crippen molar-refractivity contribution < 1.29 is 9.32 Å². The van der Waals surface area contributed by atoms with Crippen molar-refractivity contribution in [3.8, 4) is 0 Å². The second-order valence-corrected chi connectivity index (χ2v) is 5.90. The van der Waals surface area contributed by atoms with Gasteiger partial charge in [0.25, 0.3) is 5.91 Å². The number of carbonyl (C=O) groups is 1. The summed E-state index contributed by atoms with van der Waals surface area (Å²) in [4.78, 5) is 16.7. The lowest BCUT2D eigenvalue weighted by Crippen LogP contribution is -2.53. The topological polar surface area (TPSA) is 49.6 Å². The largest absolute Gasteiger partial charge is 0.351 e. The number of benzene rings is 1. The Kier molecular flexibility index (Phi) is 4.24. The Labute approximate surface area is 130 Å². The summed E-state index contributed by atoms with van der Waals surface area (Å²) < 4.78 is 5.10. The fraction of sp³-hybridized carbons (Fsp3) is 0.412. The van der Waals surface area contributed by atoms with E-state index in [4.69, 9.17) is 4.52 Å². The number of nitrogens with zero attached hydrogens (tertiary/aromatic N) is 3. The predicted octanol–water partition coefficient (Wildman–Crippen LogP) is 2.33. The summed E-state index contributed by atoms with van der Waals surface area (Å²) in [5.41, 5.74) is 2.04. The SMILES string of the molecule is Cc1cc(C(=O)N2CCN(Cc3ccccc3)C[C@H]2C)on1. The number of hydrogen-bond acceptors (Lipinski definition) is 4. The summed E-state index contributed by atoms with van der Waals surface area (Å²) in [6, 6.07) is 12.3. The standard InChI is InChI=1S/C17H21N3O2/c1-13-10-16(22-18-13)17(21)20-9-8-19(11-14(20)2)12-15-6-4-3-5-7-15/h3-7,10,14H,8-9,11-12H2,1-2H3/t14-/m1/s1. The van der Waals surface area contributed by atoms with E-state index in [0.717, 1.165) is 25.3 Å². The fourth-order valence-electron chi connectivity index (χ4n) is 2.93. The molecule has 0 N–H and O–H groups in total. The molecule has 0 bridgehead atoms. The summed E-state index contributed by atoms with van der Waals surface area (Å²) in [6.07, 6.45) is 0. The molecule has 0 aliphatic carbocycles. The lowest BCUT2D eigenvalue weighted by molar-refractivity contribution is 0.0438. The highest BCUT2D eigenvalue weighted by molar-refractivity contribution is 5.91. The maximum absolute atomic E-state index is 12.5. The van der Waals surface area contributed by atoms with E-state index in [1.807, 2.05) is 17.9 Å². The summed E-state index contributed by atoms with van der Waals surface area (Å²) >= 11 is 0. The van der Waals surface area contributed by atoms with Crippen LogP contribution < -0.4 is 0 Å². The van der Waals surface area contributed by atoms with E-state index < -0.39 is 0 Å². The van der Waals surface area contributed by atoms with E-state index in [0.29, 0.717) is 12.3 Å². The average Bonchev–Trinajstić information content (AvgIpc) is 2.94. The second kappa shape index (κ2) is 6.32. The molecule has 0 radical (unpaired) electrons. The Morgan fingerprint density at radius 3 is 2.73 bits per heavy atom. The molecule has 1 amide bonds. The Morgan fingerprint density at radius 2 is 2.09 bits per heavy atom. The first-order chi connectivity index (χ1) is 10.6. The summed E-state index contributed by atoms with van der Waals surface area (Å²) in [7, 11) is 0. The fourth-order valence-corrected chi connectivity index (χ4v) is 2.93. The van der Waals surface area contributed by atoms with Gasteiger partial charge in [-0.3, -0.25) is 9.69 Å². The van der Waals surface area contributed by atoms with E-state index >= 15 is 0 Å². The van der Waals surface area contributed by atoms with E-state index in [2.05, 4.69) is 41.2 Å². The molecule has 5 heteroatoms. The van der Waals surface area contributed by atoms with Crippen LogP contribution in [0.5, 0.6) is 0 Å². The van der Waals surface area contributed by atoms with Gasteiger partial charge in [-0.15, -0.1) is 0 Å². The van der Waals surface area contributed by atoms with Crippen LogP contribution in [0.15, 0.2) is 40.9 Å². The highest BCUT2D eigenvalue weighted by atomic mass is 16.5. The van der Waals surface area contributed by atoms with Gasteiger partial charge in [0, 0.05) is 38.3 Å². The van der Waals surface area contributed by atoms with Gasteiger partial charge >= 0.3 is 0 Å². The number of rotatable bonds is 3. The minimum absolute atomic E-state index is 0.0625. The zero-order valence-corrected chi connectivity index (χ0v) is 13.0. The Balaban J connectivity index is 1.61. The number of hydrogen-bond donors (Lipinski definition) is 0. The Hall–Kier alpha value is -2.14. The van der Waals surface area contributed by atoms with Crippen LogP contribution in [-0.4, -0.2) is 46.5 Å². The molecule has 1 aromatic heterocycles. The van der Waals surface area contributed by atoms with Gasteiger partial charge in [-0.2, -0.15) is 0 Å². The van der Waals surface area contributed by atoms with Crippen LogP contribution >= 0.6 is 0 Å². The zero-order chi connectivity index (χ0) is 15.5. The van der Waals surface area contributed by atoms with E-state index in [-0.39, 0.29) is 11.9 Å². The van der Waals surface area contributed by atoms with E-state index in [1.165, 1.54) is 5.56 Å². The van der Waals surface area contributed by atoms with Crippen LogP contribution in [0.2, 0.25) is 0 Å². The van der Waals surface area contributed by atoms with Crippen molar-refractivity contribution in [3.05, 3.63) is 53.4 Å². The molecule has 0 saturated carbocycles. The zero-order valence-electron chi connectivity index (χ0n) is 13.0. The Morgan fingerprint density at radius 1 is 1.32 bits per heavy atom.